The van der Waals surface area contributed by atoms with E-state index in [0.29, 0.717) is 45.1 Å². The predicted molar refractivity (Wildman–Crippen MR) is 114 cm³/mol. The van der Waals surface area contributed by atoms with Gasteiger partial charge in [0.1, 0.15) is 21.4 Å². The van der Waals surface area contributed by atoms with Gasteiger partial charge in [-0.1, -0.05) is 23.7 Å². The zero-order valence-corrected chi connectivity index (χ0v) is 17.6. The molecule has 0 aliphatic carbocycles. The van der Waals surface area contributed by atoms with Crippen LogP contribution in [0.25, 0.3) is 10.6 Å². The van der Waals surface area contributed by atoms with Gasteiger partial charge in [-0.05, 0) is 24.3 Å². The van der Waals surface area contributed by atoms with Crippen LogP contribution in [-0.2, 0) is 13.0 Å². The van der Waals surface area contributed by atoms with Crippen molar-refractivity contribution < 1.29 is 19.4 Å². The molecule has 2 N–H and O–H groups in total. The highest BCUT2D eigenvalue weighted by Gasteiger charge is 2.19. The van der Waals surface area contributed by atoms with E-state index in [4.69, 9.17) is 21.1 Å². The predicted octanol–water partition coefficient (Wildman–Crippen LogP) is 3.95. The van der Waals surface area contributed by atoms with Crippen LogP contribution >= 0.6 is 22.9 Å². The number of halogens is 1. The van der Waals surface area contributed by atoms with E-state index in [9.17, 15) is 9.90 Å². The van der Waals surface area contributed by atoms with Crippen LogP contribution in [0.2, 0.25) is 5.02 Å². The topological polar surface area (TPSA) is 80.7 Å². The summed E-state index contributed by atoms with van der Waals surface area (Å²) in [5.41, 5.74) is 2.27. The summed E-state index contributed by atoms with van der Waals surface area (Å²) in [5.74, 6) is 1.06. The lowest BCUT2D eigenvalue weighted by molar-refractivity contribution is 0.0953. The third-order valence-electron chi connectivity index (χ3n) is 4.28. The second kappa shape index (κ2) is 9.73. The zero-order chi connectivity index (χ0) is 20.8. The van der Waals surface area contributed by atoms with Crippen molar-refractivity contribution in [1.82, 2.24) is 10.3 Å². The Morgan fingerprint density at radius 2 is 1.93 bits per heavy atom. The lowest BCUT2D eigenvalue weighted by atomic mass is 10.2. The van der Waals surface area contributed by atoms with E-state index < -0.39 is 0 Å². The van der Waals surface area contributed by atoms with E-state index in [1.54, 1.807) is 32.4 Å². The highest BCUT2D eigenvalue weighted by Crippen LogP contribution is 2.30. The molecule has 0 bridgehead atoms. The van der Waals surface area contributed by atoms with Crippen LogP contribution in [0.5, 0.6) is 11.5 Å². The molecular weight excluding hydrogens is 412 g/mol. The molecule has 0 aliphatic rings. The van der Waals surface area contributed by atoms with Gasteiger partial charge in [-0.25, -0.2) is 4.98 Å². The molecule has 0 saturated carbocycles. The Morgan fingerprint density at radius 3 is 2.59 bits per heavy atom. The Morgan fingerprint density at radius 1 is 1.17 bits per heavy atom. The second-order valence-electron chi connectivity index (χ2n) is 6.14. The Balaban J connectivity index is 1.80. The summed E-state index contributed by atoms with van der Waals surface area (Å²) in [5, 5.41) is 13.6. The van der Waals surface area contributed by atoms with Crippen LogP contribution in [0, 0.1) is 0 Å². The summed E-state index contributed by atoms with van der Waals surface area (Å²) in [7, 11) is 3.15. The number of hydrogen-bond acceptors (Lipinski definition) is 6. The smallest absolute Gasteiger partial charge is 0.263 e. The minimum absolute atomic E-state index is 0.0869. The number of carbonyl (C=O) groups is 1. The standard InChI is InChI=1S/C21H21ClN2O4S/c1-27-16-8-5-14(18(11-16)28-2)12-23-20(26)19-17(9-10-25)24-21(29-19)13-3-6-15(22)7-4-13/h3-8,11,25H,9-10,12H2,1-2H3,(H,23,26). The number of carbonyl (C=O) groups excluding carboxylic acids is 1. The summed E-state index contributed by atoms with van der Waals surface area (Å²) in [4.78, 5) is 17.9. The number of methoxy groups -OCH3 is 2. The highest BCUT2D eigenvalue weighted by molar-refractivity contribution is 7.17. The first-order valence-corrected chi connectivity index (χ1v) is 10.1. The molecule has 0 saturated heterocycles. The quantitative estimate of drug-likeness (QED) is 0.563. The molecule has 0 radical (unpaired) electrons. The Bertz CT molecular complexity index is 989. The SMILES string of the molecule is COc1ccc(CNC(=O)c2sc(-c3ccc(Cl)cc3)nc2CCO)c(OC)c1. The Hall–Kier alpha value is -2.61. The number of aliphatic hydroxyl groups excluding tert-OH is 1. The minimum atomic E-state index is -0.246. The van der Waals surface area contributed by atoms with Crippen molar-refractivity contribution in [3.63, 3.8) is 0 Å². The van der Waals surface area contributed by atoms with Crippen LogP contribution < -0.4 is 14.8 Å². The van der Waals surface area contributed by atoms with E-state index in [2.05, 4.69) is 10.3 Å². The fourth-order valence-electron chi connectivity index (χ4n) is 2.77. The van der Waals surface area contributed by atoms with E-state index in [1.807, 2.05) is 24.3 Å². The molecule has 2 aromatic carbocycles. The van der Waals surface area contributed by atoms with Gasteiger partial charge in [-0.15, -0.1) is 11.3 Å². The maximum Gasteiger partial charge on any atom is 0.263 e. The number of ether oxygens (including phenoxy) is 2. The van der Waals surface area contributed by atoms with Crippen LogP contribution in [0.15, 0.2) is 42.5 Å². The molecule has 0 fully saturated rings. The largest absolute Gasteiger partial charge is 0.497 e. The molecule has 3 aromatic rings. The van der Waals surface area contributed by atoms with Crippen LogP contribution in [0.4, 0.5) is 0 Å². The van der Waals surface area contributed by atoms with Gasteiger partial charge < -0.3 is 19.9 Å². The summed E-state index contributed by atoms with van der Waals surface area (Å²) in [6.45, 7) is 0.203. The molecule has 8 heteroatoms. The minimum Gasteiger partial charge on any atom is -0.497 e. The van der Waals surface area contributed by atoms with Crippen molar-refractivity contribution in [2.24, 2.45) is 0 Å². The molecule has 1 amide bonds. The van der Waals surface area contributed by atoms with Crippen LogP contribution in [0.1, 0.15) is 20.9 Å². The molecule has 1 heterocycles. The van der Waals surface area contributed by atoms with E-state index in [-0.39, 0.29) is 12.5 Å². The van der Waals surface area contributed by atoms with E-state index >= 15 is 0 Å². The van der Waals surface area contributed by atoms with Gasteiger partial charge in [0.25, 0.3) is 5.91 Å². The molecule has 0 aliphatic heterocycles. The van der Waals surface area contributed by atoms with Gasteiger partial charge >= 0.3 is 0 Å². The van der Waals surface area contributed by atoms with Crippen molar-refractivity contribution in [2.75, 3.05) is 20.8 Å². The number of rotatable bonds is 8. The Kier molecular flexibility index (Phi) is 7.09. The van der Waals surface area contributed by atoms with Crippen LogP contribution in [-0.4, -0.2) is 36.8 Å². The first-order chi connectivity index (χ1) is 14.0. The maximum absolute atomic E-state index is 12.8. The van der Waals surface area contributed by atoms with Gasteiger partial charge in [-0.2, -0.15) is 0 Å². The van der Waals surface area contributed by atoms with Gasteiger partial charge in [-0.3, -0.25) is 4.79 Å². The molecule has 0 spiro atoms. The summed E-state index contributed by atoms with van der Waals surface area (Å²) < 4.78 is 10.6. The number of nitrogens with one attached hydrogen (secondary N) is 1. The number of aliphatic hydroxyl groups is 1. The van der Waals surface area contributed by atoms with Gasteiger partial charge in [0.05, 0.1) is 19.9 Å². The lowest BCUT2D eigenvalue weighted by Crippen LogP contribution is -2.23. The monoisotopic (exact) mass is 432 g/mol. The van der Waals surface area contributed by atoms with Crippen molar-refractivity contribution in [3.8, 4) is 22.1 Å². The van der Waals surface area contributed by atoms with Gasteiger partial charge in [0.2, 0.25) is 0 Å². The van der Waals surface area contributed by atoms with Crippen molar-refractivity contribution in [3.05, 3.63) is 63.6 Å². The molecule has 0 atom stereocenters. The average Bonchev–Trinajstić information content (AvgIpc) is 3.16. The molecule has 3 rings (SSSR count). The normalized spacial score (nSPS) is 10.6. The third-order valence-corrected chi connectivity index (χ3v) is 5.67. The van der Waals surface area contributed by atoms with E-state index in [0.717, 1.165) is 11.1 Å². The van der Waals surface area contributed by atoms with Crippen LogP contribution in [0.3, 0.4) is 0 Å². The number of amides is 1. The molecule has 152 valence electrons. The number of benzene rings is 2. The van der Waals surface area contributed by atoms with E-state index in [1.165, 1.54) is 11.3 Å². The number of nitrogens with zero attached hydrogens (tertiary/aromatic N) is 1. The fraction of sp³-hybridized carbons (Fsp3) is 0.238. The summed E-state index contributed by atoms with van der Waals surface area (Å²) in [6.07, 6.45) is 0.304. The van der Waals surface area contributed by atoms with Crippen molar-refractivity contribution in [2.45, 2.75) is 13.0 Å². The molecule has 0 unspecified atom stereocenters. The maximum atomic E-state index is 12.8. The third kappa shape index (κ3) is 5.06. The first-order valence-electron chi connectivity index (χ1n) is 8.91. The fourth-order valence-corrected chi connectivity index (χ4v) is 3.93. The highest BCUT2D eigenvalue weighted by atomic mass is 35.5. The average molecular weight is 433 g/mol. The molecular formula is C21H21ClN2O4S. The molecule has 1 aromatic heterocycles. The number of thiazole rings is 1. The molecule has 6 nitrogen and oxygen atoms in total. The Labute approximate surface area is 178 Å². The molecule has 29 heavy (non-hydrogen) atoms. The first kappa shape index (κ1) is 21.1. The van der Waals surface area contributed by atoms with Crippen molar-refractivity contribution in [1.29, 1.82) is 0 Å². The second-order valence-corrected chi connectivity index (χ2v) is 7.57. The number of aromatic nitrogens is 1. The van der Waals surface area contributed by atoms with Crippen molar-refractivity contribution >= 4 is 28.8 Å². The zero-order valence-electron chi connectivity index (χ0n) is 16.1. The summed E-state index contributed by atoms with van der Waals surface area (Å²) in [6, 6.07) is 12.7. The number of hydrogen-bond donors (Lipinski definition) is 2. The lowest BCUT2D eigenvalue weighted by Gasteiger charge is -2.11. The van der Waals surface area contributed by atoms with Gasteiger partial charge in [0.15, 0.2) is 0 Å². The van der Waals surface area contributed by atoms with Gasteiger partial charge in [0, 0.05) is 41.8 Å². The summed E-state index contributed by atoms with van der Waals surface area (Å²) >= 11 is 7.24.